The van der Waals surface area contributed by atoms with Gasteiger partial charge in [-0.15, -0.1) is 0 Å². The van der Waals surface area contributed by atoms with E-state index in [1.807, 2.05) is 58.0 Å². The third-order valence-electron chi connectivity index (χ3n) is 1.29. The largest absolute Gasteiger partial charge is 0.368 e. The zero-order chi connectivity index (χ0) is 12.8. The number of benzene rings is 1. The van der Waals surface area contributed by atoms with Crippen LogP contribution in [-0.2, 0) is 4.79 Å². The number of amides is 1. The normalized spacial score (nSPS) is 8.50. The molecule has 1 amide bonds. The summed E-state index contributed by atoms with van der Waals surface area (Å²) in [6.07, 6.45) is 1.63. The molecule has 1 aromatic rings. The Morgan fingerprint density at radius 3 is 2.12 bits per heavy atom. The van der Waals surface area contributed by atoms with Crippen molar-refractivity contribution >= 4 is 12.1 Å². The predicted octanol–water partition coefficient (Wildman–Crippen LogP) is 2.64. The second kappa shape index (κ2) is 13.4. The fourth-order valence-corrected chi connectivity index (χ4v) is 0.780. The van der Waals surface area contributed by atoms with Gasteiger partial charge >= 0.3 is 0 Å². The molecular formula is C13H22N2O. The fourth-order valence-electron chi connectivity index (χ4n) is 0.780. The van der Waals surface area contributed by atoms with Gasteiger partial charge in [-0.2, -0.15) is 0 Å². The summed E-state index contributed by atoms with van der Waals surface area (Å²) in [5.74, 6) is -0.415. The molecule has 0 aliphatic carbocycles. The SMILES string of the molecule is CC.CC.NC(=O)CN=Cc1ccccc1. The Morgan fingerprint density at radius 2 is 1.69 bits per heavy atom. The quantitative estimate of drug-likeness (QED) is 0.785. The number of hydrogen-bond donors (Lipinski definition) is 1. The Morgan fingerprint density at radius 1 is 1.19 bits per heavy atom. The molecule has 0 saturated carbocycles. The van der Waals surface area contributed by atoms with Crippen molar-refractivity contribution in [1.29, 1.82) is 0 Å². The maximum atomic E-state index is 10.3. The van der Waals surface area contributed by atoms with Crippen LogP contribution >= 0.6 is 0 Å². The Kier molecular flexibility index (Phi) is 14.0. The fraction of sp³-hybridized carbons (Fsp3) is 0.385. The number of rotatable bonds is 3. The summed E-state index contributed by atoms with van der Waals surface area (Å²) < 4.78 is 0. The molecular weight excluding hydrogens is 200 g/mol. The molecule has 0 radical (unpaired) electrons. The van der Waals surface area contributed by atoms with Gasteiger partial charge in [0.25, 0.3) is 0 Å². The van der Waals surface area contributed by atoms with E-state index in [-0.39, 0.29) is 6.54 Å². The first-order valence-corrected chi connectivity index (χ1v) is 5.62. The molecule has 0 bridgehead atoms. The standard InChI is InChI=1S/C9H10N2O.2C2H6/c10-9(12)7-11-6-8-4-2-1-3-5-8;2*1-2/h1-6H,7H2,(H2,10,12);2*1-2H3. The monoisotopic (exact) mass is 222 g/mol. The molecule has 1 rings (SSSR count). The van der Waals surface area contributed by atoms with E-state index in [4.69, 9.17) is 5.73 Å². The van der Waals surface area contributed by atoms with E-state index < -0.39 is 5.91 Å². The van der Waals surface area contributed by atoms with E-state index >= 15 is 0 Å². The molecule has 0 unspecified atom stereocenters. The van der Waals surface area contributed by atoms with Crippen LogP contribution in [0.3, 0.4) is 0 Å². The maximum absolute atomic E-state index is 10.3. The number of carbonyl (C=O) groups is 1. The second-order valence-electron chi connectivity index (χ2n) is 2.35. The molecule has 0 saturated heterocycles. The number of carbonyl (C=O) groups excluding carboxylic acids is 1. The Labute approximate surface area is 98.4 Å². The summed E-state index contributed by atoms with van der Waals surface area (Å²) in [7, 11) is 0. The van der Waals surface area contributed by atoms with Gasteiger partial charge in [0.2, 0.25) is 5.91 Å². The minimum absolute atomic E-state index is 0.0505. The van der Waals surface area contributed by atoms with Crippen LogP contribution in [0.2, 0.25) is 0 Å². The van der Waals surface area contributed by atoms with Gasteiger partial charge in [0, 0.05) is 6.21 Å². The molecule has 16 heavy (non-hydrogen) atoms. The van der Waals surface area contributed by atoms with Crippen molar-refractivity contribution in [2.24, 2.45) is 10.7 Å². The number of nitrogens with two attached hydrogens (primary N) is 1. The average molecular weight is 222 g/mol. The van der Waals surface area contributed by atoms with Crippen LogP contribution in [0.4, 0.5) is 0 Å². The van der Waals surface area contributed by atoms with E-state index in [1.165, 1.54) is 0 Å². The number of hydrogen-bond acceptors (Lipinski definition) is 2. The maximum Gasteiger partial charge on any atom is 0.239 e. The van der Waals surface area contributed by atoms with Crippen molar-refractivity contribution in [1.82, 2.24) is 0 Å². The minimum atomic E-state index is -0.415. The zero-order valence-corrected chi connectivity index (χ0v) is 10.6. The molecule has 0 spiro atoms. The molecule has 0 fully saturated rings. The lowest BCUT2D eigenvalue weighted by atomic mass is 10.2. The van der Waals surface area contributed by atoms with Gasteiger partial charge in [-0.1, -0.05) is 58.0 Å². The van der Waals surface area contributed by atoms with Gasteiger partial charge < -0.3 is 5.73 Å². The highest BCUT2D eigenvalue weighted by Crippen LogP contribution is 1.93. The van der Waals surface area contributed by atoms with E-state index in [9.17, 15) is 4.79 Å². The smallest absolute Gasteiger partial charge is 0.239 e. The van der Waals surface area contributed by atoms with E-state index in [1.54, 1.807) is 6.21 Å². The van der Waals surface area contributed by atoms with Gasteiger partial charge in [0.15, 0.2) is 0 Å². The van der Waals surface area contributed by atoms with Crippen LogP contribution in [0, 0.1) is 0 Å². The summed E-state index contributed by atoms with van der Waals surface area (Å²) in [6, 6.07) is 9.55. The van der Waals surface area contributed by atoms with Crippen molar-refractivity contribution in [3.8, 4) is 0 Å². The molecule has 0 heterocycles. The summed E-state index contributed by atoms with van der Waals surface area (Å²) in [6.45, 7) is 8.05. The Balaban J connectivity index is 0. The average Bonchev–Trinajstić information content (AvgIpc) is 2.35. The third kappa shape index (κ3) is 10.4. The van der Waals surface area contributed by atoms with E-state index in [0.717, 1.165) is 5.56 Å². The lowest BCUT2D eigenvalue weighted by Crippen LogP contribution is -2.13. The van der Waals surface area contributed by atoms with Crippen molar-refractivity contribution < 1.29 is 4.79 Å². The second-order valence-corrected chi connectivity index (χ2v) is 2.35. The van der Waals surface area contributed by atoms with Gasteiger partial charge in [0.1, 0.15) is 6.54 Å². The van der Waals surface area contributed by atoms with Crippen LogP contribution in [0.5, 0.6) is 0 Å². The molecule has 0 aliphatic rings. The summed E-state index contributed by atoms with van der Waals surface area (Å²) in [5, 5.41) is 0. The van der Waals surface area contributed by atoms with Crippen molar-refractivity contribution in [3.05, 3.63) is 35.9 Å². The predicted molar refractivity (Wildman–Crippen MR) is 70.8 cm³/mol. The zero-order valence-electron chi connectivity index (χ0n) is 10.6. The highest BCUT2D eigenvalue weighted by Gasteiger charge is 1.87. The molecule has 0 aromatic heterocycles. The number of nitrogens with zero attached hydrogens (tertiary/aromatic N) is 1. The summed E-state index contributed by atoms with van der Waals surface area (Å²) in [5.41, 5.74) is 5.87. The molecule has 2 N–H and O–H groups in total. The molecule has 1 aromatic carbocycles. The Bertz CT molecular complexity index is 281. The Hall–Kier alpha value is -1.64. The number of aliphatic imine (C=N–C) groups is 1. The first-order valence-electron chi connectivity index (χ1n) is 5.62. The van der Waals surface area contributed by atoms with E-state index in [2.05, 4.69) is 4.99 Å². The first kappa shape index (κ1) is 16.8. The van der Waals surface area contributed by atoms with Crippen molar-refractivity contribution in [2.75, 3.05) is 6.54 Å². The van der Waals surface area contributed by atoms with Crippen LogP contribution in [0.15, 0.2) is 35.3 Å². The van der Waals surface area contributed by atoms with Gasteiger partial charge in [0.05, 0.1) is 0 Å². The highest BCUT2D eigenvalue weighted by molar-refractivity contribution is 5.83. The summed E-state index contributed by atoms with van der Waals surface area (Å²) in [4.78, 5) is 14.1. The summed E-state index contributed by atoms with van der Waals surface area (Å²) >= 11 is 0. The number of primary amides is 1. The van der Waals surface area contributed by atoms with Gasteiger partial charge in [-0.25, -0.2) is 0 Å². The first-order chi connectivity index (χ1) is 7.79. The van der Waals surface area contributed by atoms with E-state index in [0.29, 0.717) is 0 Å². The van der Waals surface area contributed by atoms with Crippen LogP contribution < -0.4 is 5.73 Å². The third-order valence-corrected chi connectivity index (χ3v) is 1.29. The lowest BCUT2D eigenvalue weighted by molar-refractivity contribution is -0.116. The molecule has 90 valence electrons. The van der Waals surface area contributed by atoms with Crippen molar-refractivity contribution in [2.45, 2.75) is 27.7 Å². The molecule has 0 atom stereocenters. The van der Waals surface area contributed by atoms with Crippen LogP contribution in [-0.4, -0.2) is 18.7 Å². The van der Waals surface area contributed by atoms with Gasteiger partial charge in [-0.3, -0.25) is 9.79 Å². The van der Waals surface area contributed by atoms with Crippen molar-refractivity contribution in [3.63, 3.8) is 0 Å². The molecule has 3 nitrogen and oxygen atoms in total. The topological polar surface area (TPSA) is 55.5 Å². The lowest BCUT2D eigenvalue weighted by Gasteiger charge is -1.89. The molecule has 0 aliphatic heterocycles. The minimum Gasteiger partial charge on any atom is -0.368 e. The van der Waals surface area contributed by atoms with Crippen LogP contribution in [0.25, 0.3) is 0 Å². The van der Waals surface area contributed by atoms with Crippen LogP contribution in [0.1, 0.15) is 33.3 Å². The van der Waals surface area contributed by atoms with Gasteiger partial charge in [-0.05, 0) is 5.56 Å². The highest BCUT2D eigenvalue weighted by atomic mass is 16.1. The molecule has 3 heteroatoms.